The third-order valence-corrected chi connectivity index (χ3v) is 6.55. The zero-order valence-electron chi connectivity index (χ0n) is 16.1. The van der Waals surface area contributed by atoms with Crippen molar-refractivity contribution in [3.05, 3.63) is 35.4 Å². The molecule has 4 rings (SSSR count). The van der Waals surface area contributed by atoms with E-state index in [0.717, 1.165) is 4.90 Å². The van der Waals surface area contributed by atoms with Gasteiger partial charge in [0.25, 0.3) is 11.8 Å². The smallest absolute Gasteiger partial charge is 0.307 e. The molecule has 1 aromatic carbocycles. The first-order valence-corrected chi connectivity index (χ1v) is 9.75. The Bertz CT molecular complexity index is 834. The number of nitrogens with zero attached hydrogens (tertiary/aromatic N) is 2. The molecule has 2 fully saturated rings. The predicted molar refractivity (Wildman–Crippen MR) is 99.6 cm³/mol. The minimum atomic E-state index is -0.851. The summed E-state index contributed by atoms with van der Waals surface area (Å²) < 4.78 is 0. The van der Waals surface area contributed by atoms with Crippen LogP contribution in [0.15, 0.2) is 24.3 Å². The zero-order chi connectivity index (χ0) is 20.2. The molecule has 0 aromatic heterocycles. The van der Waals surface area contributed by atoms with Crippen molar-refractivity contribution in [1.29, 1.82) is 0 Å². The van der Waals surface area contributed by atoms with E-state index in [4.69, 9.17) is 0 Å². The van der Waals surface area contributed by atoms with Crippen molar-refractivity contribution in [2.45, 2.75) is 39.2 Å². The fourth-order valence-electron chi connectivity index (χ4n) is 4.76. The molecule has 1 aromatic rings. The molecule has 2 unspecified atom stereocenters. The van der Waals surface area contributed by atoms with Crippen molar-refractivity contribution in [2.24, 2.45) is 17.3 Å². The summed E-state index contributed by atoms with van der Waals surface area (Å²) in [4.78, 5) is 53.0. The van der Waals surface area contributed by atoms with Crippen molar-refractivity contribution in [3.8, 4) is 0 Å². The monoisotopic (exact) mass is 384 g/mol. The summed E-state index contributed by atoms with van der Waals surface area (Å²) >= 11 is 0. The highest BCUT2D eigenvalue weighted by atomic mass is 16.4. The van der Waals surface area contributed by atoms with E-state index in [1.54, 1.807) is 29.2 Å². The van der Waals surface area contributed by atoms with Gasteiger partial charge in [0.2, 0.25) is 5.91 Å². The molecule has 0 radical (unpaired) electrons. The number of rotatable bonds is 4. The molecule has 3 aliphatic rings. The number of amides is 3. The van der Waals surface area contributed by atoms with Gasteiger partial charge in [-0.1, -0.05) is 26.0 Å². The maximum absolute atomic E-state index is 13.3. The lowest BCUT2D eigenvalue weighted by molar-refractivity contribution is -0.140. The number of carboxylic acids is 1. The van der Waals surface area contributed by atoms with E-state index >= 15 is 0 Å². The van der Waals surface area contributed by atoms with Crippen LogP contribution in [0.1, 0.15) is 53.8 Å². The van der Waals surface area contributed by atoms with Gasteiger partial charge in [-0.15, -0.1) is 0 Å². The second-order valence-electron chi connectivity index (χ2n) is 8.50. The van der Waals surface area contributed by atoms with Crippen LogP contribution in [0, 0.1) is 17.3 Å². The molecule has 1 N–H and O–H groups in total. The summed E-state index contributed by atoms with van der Waals surface area (Å²) in [5.74, 6) is -2.36. The van der Waals surface area contributed by atoms with Crippen molar-refractivity contribution in [2.75, 3.05) is 13.1 Å². The van der Waals surface area contributed by atoms with E-state index in [9.17, 15) is 24.3 Å². The number of benzene rings is 1. The third kappa shape index (κ3) is 2.72. The quantitative estimate of drug-likeness (QED) is 0.802. The average Bonchev–Trinajstić information content (AvgIpc) is 3.32. The minimum absolute atomic E-state index is 0.175. The number of likely N-dealkylation sites (tertiary alicyclic amines) is 1. The normalized spacial score (nSPS) is 23.9. The Morgan fingerprint density at radius 3 is 2.04 bits per heavy atom. The Morgan fingerprint density at radius 1 is 1.07 bits per heavy atom. The van der Waals surface area contributed by atoms with Gasteiger partial charge in [0.1, 0.15) is 6.04 Å². The molecule has 1 saturated carbocycles. The molecule has 7 nitrogen and oxygen atoms in total. The average molecular weight is 384 g/mol. The third-order valence-electron chi connectivity index (χ3n) is 6.55. The van der Waals surface area contributed by atoms with Gasteiger partial charge in [0.05, 0.1) is 17.0 Å². The summed E-state index contributed by atoms with van der Waals surface area (Å²) in [6.45, 7) is 4.60. The van der Waals surface area contributed by atoms with Crippen molar-refractivity contribution in [3.63, 3.8) is 0 Å². The Balaban J connectivity index is 1.52. The molecule has 2 heterocycles. The van der Waals surface area contributed by atoms with Gasteiger partial charge in [-0.2, -0.15) is 0 Å². The number of fused-ring (bicyclic) bond motifs is 1. The summed E-state index contributed by atoms with van der Waals surface area (Å²) in [6, 6.07) is 5.79. The first-order chi connectivity index (χ1) is 13.3. The lowest BCUT2D eigenvalue weighted by Crippen LogP contribution is -2.55. The van der Waals surface area contributed by atoms with Gasteiger partial charge < -0.3 is 10.0 Å². The van der Waals surface area contributed by atoms with Gasteiger partial charge in [0, 0.05) is 13.1 Å². The Kier molecular flexibility index (Phi) is 4.28. The second kappa shape index (κ2) is 6.43. The van der Waals surface area contributed by atoms with E-state index in [2.05, 4.69) is 0 Å². The van der Waals surface area contributed by atoms with Crippen LogP contribution >= 0.6 is 0 Å². The summed E-state index contributed by atoms with van der Waals surface area (Å²) in [5, 5.41) is 9.23. The molecule has 1 spiro atoms. The summed E-state index contributed by atoms with van der Waals surface area (Å²) in [7, 11) is 0. The van der Waals surface area contributed by atoms with Crippen LogP contribution in [0.25, 0.3) is 0 Å². The van der Waals surface area contributed by atoms with E-state index in [1.807, 2.05) is 13.8 Å². The highest BCUT2D eigenvalue weighted by Crippen LogP contribution is 2.59. The maximum Gasteiger partial charge on any atom is 0.307 e. The van der Waals surface area contributed by atoms with Crippen molar-refractivity contribution < 1.29 is 24.3 Å². The van der Waals surface area contributed by atoms with Gasteiger partial charge >= 0.3 is 5.97 Å². The molecule has 148 valence electrons. The molecule has 28 heavy (non-hydrogen) atoms. The number of piperidine rings is 1. The molecule has 1 aliphatic carbocycles. The molecule has 2 aliphatic heterocycles. The lowest BCUT2D eigenvalue weighted by atomic mass is 9.89. The number of aliphatic carboxylic acids is 1. The summed E-state index contributed by atoms with van der Waals surface area (Å²) in [6.07, 6.45) is 1.99. The van der Waals surface area contributed by atoms with Gasteiger partial charge in [-0.3, -0.25) is 24.1 Å². The van der Waals surface area contributed by atoms with Gasteiger partial charge in [-0.25, -0.2) is 0 Å². The van der Waals surface area contributed by atoms with E-state index in [-0.39, 0.29) is 23.2 Å². The van der Waals surface area contributed by atoms with Gasteiger partial charge in [0.15, 0.2) is 0 Å². The number of carbonyl (C=O) groups is 4. The number of carboxylic acid groups (broad SMARTS) is 1. The van der Waals surface area contributed by atoms with Crippen LogP contribution in [0.5, 0.6) is 0 Å². The lowest BCUT2D eigenvalue weighted by Gasteiger charge is -2.38. The molecule has 1 saturated heterocycles. The zero-order valence-corrected chi connectivity index (χ0v) is 16.1. The van der Waals surface area contributed by atoms with Crippen LogP contribution in [0.3, 0.4) is 0 Å². The fourth-order valence-corrected chi connectivity index (χ4v) is 4.76. The standard InChI is InChI=1S/C21H24N2O5/c1-12(2)16(23-17(24)13-5-3-4-6-14(13)18(23)25)19(26)22-9-7-21(8-10-22)11-15(21)20(27)28/h3-6,12,15-16H,7-11H2,1-2H3,(H,27,28). The molecular formula is C21H24N2O5. The predicted octanol–water partition coefficient (Wildman–Crippen LogP) is 2.02. The number of carbonyl (C=O) groups excluding carboxylic acids is 3. The van der Waals surface area contributed by atoms with Crippen LogP contribution in [-0.2, 0) is 9.59 Å². The first-order valence-electron chi connectivity index (χ1n) is 9.75. The minimum Gasteiger partial charge on any atom is -0.481 e. The Labute approximate surface area is 163 Å². The van der Waals surface area contributed by atoms with Gasteiger partial charge in [-0.05, 0) is 42.7 Å². The van der Waals surface area contributed by atoms with E-state index in [1.165, 1.54) is 0 Å². The topological polar surface area (TPSA) is 95.0 Å². The molecular weight excluding hydrogens is 360 g/mol. The van der Waals surface area contributed by atoms with Crippen molar-refractivity contribution in [1.82, 2.24) is 9.80 Å². The van der Waals surface area contributed by atoms with Crippen LogP contribution in [-0.4, -0.2) is 57.7 Å². The Morgan fingerprint density at radius 2 is 1.61 bits per heavy atom. The van der Waals surface area contributed by atoms with Crippen LogP contribution in [0.4, 0.5) is 0 Å². The highest BCUT2D eigenvalue weighted by molar-refractivity contribution is 6.22. The number of hydrogen-bond donors (Lipinski definition) is 1. The molecule has 2 atom stereocenters. The van der Waals surface area contributed by atoms with E-state index < -0.39 is 23.8 Å². The molecule has 3 amide bonds. The van der Waals surface area contributed by atoms with E-state index in [0.29, 0.717) is 43.5 Å². The SMILES string of the molecule is CC(C)C(C(=O)N1CCC2(CC1)CC2C(=O)O)N1C(=O)c2ccccc2C1=O. The first kappa shape index (κ1) is 18.7. The Hall–Kier alpha value is -2.70. The fraction of sp³-hybridized carbons (Fsp3) is 0.524. The largest absolute Gasteiger partial charge is 0.481 e. The number of hydrogen-bond acceptors (Lipinski definition) is 4. The second-order valence-corrected chi connectivity index (χ2v) is 8.50. The maximum atomic E-state index is 13.3. The highest BCUT2D eigenvalue weighted by Gasteiger charge is 2.59. The van der Waals surface area contributed by atoms with Crippen LogP contribution < -0.4 is 0 Å². The summed E-state index contributed by atoms with van der Waals surface area (Å²) in [5.41, 5.74) is 0.502. The number of imide groups is 1. The van der Waals surface area contributed by atoms with Crippen LogP contribution in [0.2, 0.25) is 0 Å². The molecule has 0 bridgehead atoms. The molecule has 7 heteroatoms. The van der Waals surface area contributed by atoms with Crippen molar-refractivity contribution >= 4 is 23.7 Å².